The topological polar surface area (TPSA) is 56.7 Å². The van der Waals surface area contributed by atoms with E-state index in [0.29, 0.717) is 0 Å². The van der Waals surface area contributed by atoms with Gasteiger partial charge in [0.25, 0.3) is 0 Å². The Morgan fingerprint density at radius 2 is 1.65 bits per heavy atom. The van der Waals surface area contributed by atoms with Crippen molar-refractivity contribution in [3.8, 4) is 17.1 Å². The number of aryl methyl sites for hydroxylation is 2. The fourth-order valence-electron chi connectivity index (χ4n) is 2.41. The summed E-state index contributed by atoms with van der Waals surface area (Å²) in [5, 5.41) is 8.53. The molecule has 4 nitrogen and oxygen atoms in total. The molecule has 2 N–H and O–H groups in total. The van der Waals surface area contributed by atoms with Crippen LogP contribution in [-0.2, 0) is 0 Å². The molecule has 0 saturated carbocycles. The van der Waals surface area contributed by atoms with Crippen LogP contribution in [0.5, 0.6) is 0 Å². The van der Waals surface area contributed by atoms with Gasteiger partial charge in [-0.05, 0) is 37.6 Å². The Balaban J connectivity index is 2.27. The second kappa shape index (κ2) is 4.81. The highest BCUT2D eigenvalue weighted by molar-refractivity contribution is 5.76. The van der Waals surface area contributed by atoms with Crippen molar-refractivity contribution < 1.29 is 0 Å². The molecule has 0 unspecified atom stereocenters. The van der Waals surface area contributed by atoms with Gasteiger partial charge in [-0.2, -0.15) is 0 Å². The van der Waals surface area contributed by atoms with Crippen molar-refractivity contribution in [1.29, 1.82) is 0 Å². The number of nitrogen functional groups attached to an aromatic ring is 1. The lowest BCUT2D eigenvalue weighted by Crippen LogP contribution is -2.02. The summed E-state index contributed by atoms with van der Waals surface area (Å²) in [6.07, 6.45) is 0. The van der Waals surface area contributed by atoms with Gasteiger partial charge in [-0.25, -0.2) is 0 Å². The van der Waals surface area contributed by atoms with Gasteiger partial charge in [0, 0.05) is 16.9 Å². The molecule has 0 amide bonds. The molecule has 1 heterocycles. The van der Waals surface area contributed by atoms with Crippen molar-refractivity contribution in [3.63, 3.8) is 0 Å². The predicted molar refractivity (Wildman–Crippen MR) is 80.7 cm³/mol. The number of hydrogen-bond donors (Lipinski definition) is 1. The van der Waals surface area contributed by atoms with Crippen LogP contribution in [0, 0.1) is 13.8 Å². The Labute approximate surface area is 117 Å². The van der Waals surface area contributed by atoms with E-state index < -0.39 is 0 Å². The number of aromatic nitrogens is 3. The molecule has 1 aromatic heterocycles. The normalized spacial score (nSPS) is 10.7. The van der Waals surface area contributed by atoms with Crippen LogP contribution < -0.4 is 5.73 Å². The van der Waals surface area contributed by atoms with E-state index >= 15 is 0 Å². The first-order valence-corrected chi connectivity index (χ1v) is 6.51. The molecule has 3 rings (SSSR count). The van der Waals surface area contributed by atoms with E-state index in [1.165, 1.54) is 0 Å². The molecule has 4 heteroatoms. The Bertz CT molecular complexity index is 724. The third-order valence-electron chi connectivity index (χ3n) is 3.37. The number of hydrogen-bond acceptors (Lipinski definition) is 3. The molecule has 0 bridgehead atoms. The van der Waals surface area contributed by atoms with Crippen LogP contribution in [0.15, 0.2) is 48.5 Å². The maximum atomic E-state index is 6.13. The maximum absolute atomic E-state index is 6.13. The lowest BCUT2D eigenvalue weighted by molar-refractivity contribution is 0.972. The summed E-state index contributed by atoms with van der Waals surface area (Å²) in [5.41, 5.74) is 9.91. The highest BCUT2D eigenvalue weighted by Gasteiger charge is 2.16. The van der Waals surface area contributed by atoms with E-state index in [1.807, 2.05) is 66.9 Å². The van der Waals surface area contributed by atoms with E-state index in [1.54, 1.807) is 0 Å². The maximum Gasteiger partial charge on any atom is 0.170 e. The molecule has 0 saturated heterocycles. The van der Waals surface area contributed by atoms with E-state index in [-0.39, 0.29) is 0 Å². The first-order chi connectivity index (χ1) is 9.68. The largest absolute Gasteiger partial charge is 0.398 e. The number of nitrogens with zero attached hydrogens (tertiary/aromatic N) is 3. The lowest BCUT2D eigenvalue weighted by Gasteiger charge is -2.12. The molecule has 20 heavy (non-hydrogen) atoms. The van der Waals surface area contributed by atoms with Crippen molar-refractivity contribution in [3.05, 3.63) is 59.9 Å². The lowest BCUT2D eigenvalue weighted by atomic mass is 10.1. The van der Waals surface area contributed by atoms with Crippen molar-refractivity contribution in [2.45, 2.75) is 13.8 Å². The van der Waals surface area contributed by atoms with Crippen molar-refractivity contribution >= 4 is 5.69 Å². The van der Waals surface area contributed by atoms with Crippen molar-refractivity contribution in [2.75, 3.05) is 5.73 Å². The van der Waals surface area contributed by atoms with Crippen LogP contribution in [0.25, 0.3) is 17.1 Å². The zero-order valence-corrected chi connectivity index (χ0v) is 11.5. The molecule has 0 aliphatic carbocycles. The number of nitrogens with two attached hydrogens (primary N) is 1. The minimum Gasteiger partial charge on any atom is -0.398 e. The summed E-state index contributed by atoms with van der Waals surface area (Å²) >= 11 is 0. The van der Waals surface area contributed by atoms with E-state index in [2.05, 4.69) is 10.2 Å². The third-order valence-corrected chi connectivity index (χ3v) is 3.37. The number of rotatable bonds is 2. The summed E-state index contributed by atoms with van der Waals surface area (Å²) in [6, 6.07) is 15.9. The average Bonchev–Trinajstić information content (AvgIpc) is 2.81. The van der Waals surface area contributed by atoms with Gasteiger partial charge in [0.2, 0.25) is 0 Å². The van der Waals surface area contributed by atoms with Crippen molar-refractivity contribution in [1.82, 2.24) is 14.8 Å². The van der Waals surface area contributed by atoms with Gasteiger partial charge in [0.15, 0.2) is 5.82 Å². The number of para-hydroxylation sites is 1. The SMILES string of the molecule is Cc1cccc(N)c1-c1nnc(C)n1-c1ccccc1. The van der Waals surface area contributed by atoms with Crippen molar-refractivity contribution in [2.24, 2.45) is 0 Å². The third kappa shape index (κ3) is 1.95. The molecule has 0 radical (unpaired) electrons. The van der Waals surface area contributed by atoms with E-state index in [0.717, 1.165) is 34.2 Å². The second-order valence-electron chi connectivity index (χ2n) is 4.78. The van der Waals surface area contributed by atoms with Gasteiger partial charge in [-0.1, -0.05) is 30.3 Å². The minimum atomic E-state index is 0.717. The predicted octanol–water partition coefficient (Wildman–Crippen LogP) is 3.13. The van der Waals surface area contributed by atoms with Gasteiger partial charge in [0.1, 0.15) is 5.82 Å². The van der Waals surface area contributed by atoms with Gasteiger partial charge in [0.05, 0.1) is 0 Å². The smallest absolute Gasteiger partial charge is 0.170 e. The van der Waals surface area contributed by atoms with Gasteiger partial charge in [-0.15, -0.1) is 10.2 Å². The summed E-state index contributed by atoms with van der Waals surface area (Å²) in [4.78, 5) is 0. The van der Waals surface area contributed by atoms with Crippen LogP contribution >= 0.6 is 0 Å². The first kappa shape index (κ1) is 12.4. The Kier molecular flexibility index (Phi) is 2.99. The molecule has 2 aromatic carbocycles. The molecule has 0 fully saturated rings. The van der Waals surface area contributed by atoms with Crippen LogP contribution in [0.4, 0.5) is 5.69 Å². The first-order valence-electron chi connectivity index (χ1n) is 6.51. The fraction of sp³-hybridized carbons (Fsp3) is 0.125. The Hall–Kier alpha value is -2.62. The monoisotopic (exact) mass is 264 g/mol. The zero-order valence-electron chi connectivity index (χ0n) is 11.5. The van der Waals surface area contributed by atoms with Crippen LogP contribution in [-0.4, -0.2) is 14.8 Å². The number of benzene rings is 2. The highest BCUT2D eigenvalue weighted by Crippen LogP contribution is 2.30. The average molecular weight is 264 g/mol. The van der Waals surface area contributed by atoms with Crippen LogP contribution in [0.1, 0.15) is 11.4 Å². The molecule has 100 valence electrons. The molecule has 0 aliphatic heterocycles. The van der Waals surface area contributed by atoms with Crippen LogP contribution in [0.2, 0.25) is 0 Å². The zero-order chi connectivity index (χ0) is 14.1. The summed E-state index contributed by atoms with van der Waals surface area (Å²) < 4.78 is 2.03. The molecular weight excluding hydrogens is 248 g/mol. The highest BCUT2D eigenvalue weighted by atomic mass is 15.3. The summed E-state index contributed by atoms with van der Waals surface area (Å²) in [6.45, 7) is 3.98. The van der Waals surface area contributed by atoms with E-state index in [4.69, 9.17) is 5.73 Å². The molecular formula is C16H16N4. The van der Waals surface area contributed by atoms with Crippen LogP contribution in [0.3, 0.4) is 0 Å². The van der Waals surface area contributed by atoms with Gasteiger partial charge in [-0.3, -0.25) is 4.57 Å². The van der Waals surface area contributed by atoms with Gasteiger partial charge >= 0.3 is 0 Å². The standard InChI is InChI=1S/C16H16N4/c1-11-7-6-10-14(17)15(11)16-19-18-12(2)20(16)13-8-4-3-5-9-13/h3-10H,17H2,1-2H3. The van der Waals surface area contributed by atoms with Gasteiger partial charge < -0.3 is 5.73 Å². The van der Waals surface area contributed by atoms with E-state index in [9.17, 15) is 0 Å². The molecule has 0 aliphatic rings. The second-order valence-corrected chi connectivity index (χ2v) is 4.78. The minimum absolute atomic E-state index is 0.717. The molecule has 3 aromatic rings. The molecule has 0 spiro atoms. The Morgan fingerprint density at radius 3 is 2.35 bits per heavy atom. The fourth-order valence-corrected chi connectivity index (χ4v) is 2.41. The molecule has 0 atom stereocenters. The summed E-state index contributed by atoms with van der Waals surface area (Å²) in [7, 11) is 0. The summed E-state index contributed by atoms with van der Waals surface area (Å²) in [5.74, 6) is 1.62. The quantitative estimate of drug-likeness (QED) is 0.723. The Morgan fingerprint density at radius 1 is 0.900 bits per heavy atom. The number of anilines is 1.